The standard InChI is InChI=1S/C22H27BrN2O3/c1-24(2)18-7-4-15(5-8-18)21(19-14-17(23)6-9-20(19)28-3)25-12-10-16(11-13-25)22(26)27/h4-9,14,16,21H,10-13H2,1-3H3,(H,26,27). The molecule has 28 heavy (non-hydrogen) atoms. The Morgan fingerprint density at radius 2 is 1.82 bits per heavy atom. The zero-order chi connectivity index (χ0) is 20.3. The fourth-order valence-electron chi connectivity index (χ4n) is 3.87. The van der Waals surface area contributed by atoms with Crippen LogP contribution in [0.4, 0.5) is 5.69 Å². The summed E-state index contributed by atoms with van der Waals surface area (Å²) >= 11 is 3.59. The van der Waals surface area contributed by atoms with Gasteiger partial charge >= 0.3 is 5.97 Å². The highest BCUT2D eigenvalue weighted by Crippen LogP contribution is 2.38. The van der Waals surface area contributed by atoms with Gasteiger partial charge in [-0.15, -0.1) is 0 Å². The van der Waals surface area contributed by atoms with Crippen molar-refractivity contribution < 1.29 is 14.6 Å². The summed E-state index contributed by atoms with van der Waals surface area (Å²) in [5, 5.41) is 9.35. The Morgan fingerprint density at radius 1 is 1.18 bits per heavy atom. The molecular weight excluding hydrogens is 420 g/mol. The Morgan fingerprint density at radius 3 is 2.36 bits per heavy atom. The number of nitrogens with zero attached hydrogens (tertiary/aromatic N) is 2. The first-order chi connectivity index (χ1) is 13.4. The first-order valence-corrected chi connectivity index (χ1v) is 10.3. The number of ether oxygens (including phenoxy) is 1. The van der Waals surface area contributed by atoms with E-state index >= 15 is 0 Å². The van der Waals surface area contributed by atoms with Crippen LogP contribution in [0.2, 0.25) is 0 Å². The summed E-state index contributed by atoms with van der Waals surface area (Å²) in [5.41, 5.74) is 3.41. The van der Waals surface area contributed by atoms with Crippen molar-refractivity contribution in [3.8, 4) is 5.75 Å². The lowest BCUT2D eigenvalue weighted by atomic mass is 9.91. The van der Waals surface area contributed by atoms with Gasteiger partial charge in [-0.2, -0.15) is 0 Å². The minimum Gasteiger partial charge on any atom is -0.496 e. The van der Waals surface area contributed by atoms with Crippen molar-refractivity contribution in [2.45, 2.75) is 18.9 Å². The smallest absolute Gasteiger partial charge is 0.306 e. The number of likely N-dealkylation sites (tertiary alicyclic amines) is 1. The second-order valence-corrected chi connectivity index (χ2v) is 8.34. The zero-order valence-electron chi connectivity index (χ0n) is 16.6. The number of anilines is 1. The monoisotopic (exact) mass is 446 g/mol. The maximum absolute atomic E-state index is 11.4. The number of piperidine rings is 1. The predicted molar refractivity (Wildman–Crippen MR) is 115 cm³/mol. The summed E-state index contributed by atoms with van der Waals surface area (Å²) in [4.78, 5) is 15.8. The largest absolute Gasteiger partial charge is 0.496 e. The molecule has 0 aromatic heterocycles. The Labute approximate surface area is 175 Å². The molecule has 1 fully saturated rings. The molecule has 1 aliphatic rings. The van der Waals surface area contributed by atoms with Gasteiger partial charge in [0, 0.05) is 29.8 Å². The molecule has 2 aromatic carbocycles. The molecule has 2 aromatic rings. The van der Waals surface area contributed by atoms with E-state index in [2.05, 4.69) is 56.1 Å². The number of carboxylic acid groups (broad SMARTS) is 1. The third-order valence-corrected chi connectivity index (χ3v) is 5.95. The maximum Gasteiger partial charge on any atom is 0.306 e. The molecule has 0 amide bonds. The molecule has 150 valence electrons. The number of halogens is 1. The summed E-state index contributed by atoms with van der Waals surface area (Å²) in [5.74, 6) is -0.103. The molecule has 0 saturated carbocycles. The average molecular weight is 447 g/mol. The molecule has 1 atom stereocenters. The molecule has 1 saturated heterocycles. The van der Waals surface area contributed by atoms with E-state index in [4.69, 9.17) is 4.74 Å². The Bertz CT molecular complexity index is 815. The first-order valence-electron chi connectivity index (χ1n) is 9.48. The Balaban J connectivity index is 2.00. The van der Waals surface area contributed by atoms with E-state index < -0.39 is 5.97 Å². The van der Waals surface area contributed by atoms with Crippen LogP contribution in [0.5, 0.6) is 5.75 Å². The molecule has 6 heteroatoms. The predicted octanol–water partition coefficient (Wildman–Crippen LogP) is 4.41. The van der Waals surface area contributed by atoms with E-state index in [1.807, 2.05) is 26.2 Å². The summed E-state index contributed by atoms with van der Waals surface area (Å²) < 4.78 is 6.66. The van der Waals surface area contributed by atoms with Gasteiger partial charge in [-0.3, -0.25) is 9.69 Å². The number of carbonyl (C=O) groups is 1. The van der Waals surface area contributed by atoms with Crippen LogP contribution in [-0.2, 0) is 4.79 Å². The topological polar surface area (TPSA) is 53.0 Å². The summed E-state index contributed by atoms with van der Waals surface area (Å²) in [6, 6.07) is 14.6. The average Bonchev–Trinajstić information content (AvgIpc) is 2.69. The highest BCUT2D eigenvalue weighted by atomic mass is 79.9. The molecule has 0 radical (unpaired) electrons. The van der Waals surface area contributed by atoms with Crippen molar-refractivity contribution in [3.05, 3.63) is 58.1 Å². The summed E-state index contributed by atoms with van der Waals surface area (Å²) in [6.45, 7) is 1.49. The van der Waals surface area contributed by atoms with Gasteiger partial charge in [0.2, 0.25) is 0 Å². The quantitative estimate of drug-likeness (QED) is 0.711. The fraction of sp³-hybridized carbons (Fsp3) is 0.409. The Hall–Kier alpha value is -2.05. The molecule has 0 bridgehead atoms. The van der Waals surface area contributed by atoms with Gasteiger partial charge in [0.25, 0.3) is 0 Å². The second kappa shape index (κ2) is 8.97. The van der Waals surface area contributed by atoms with Crippen LogP contribution in [0.25, 0.3) is 0 Å². The van der Waals surface area contributed by atoms with Gasteiger partial charge in [-0.05, 0) is 61.8 Å². The highest BCUT2D eigenvalue weighted by molar-refractivity contribution is 9.10. The molecule has 1 aliphatic heterocycles. The normalized spacial score (nSPS) is 16.6. The van der Waals surface area contributed by atoms with Gasteiger partial charge in [0.1, 0.15) is 5.75 Å². The molecule has 0 aliphatic carbocycles. The zero-order valence-corrected chi connectivity index (χ0v) is 18.1. The van der Waals surface area contributed by atoms with Crippen molar-refractivity contribution in [2.75, 3.05) is 39.2 Å². The second-order valence-electron chi connectivity index (χ2n) is 7.42. The van der Waals surface area contributed by atoms with Crippen molar-refractivity contribution >= 4 is 27.6 Å². The van der Waals surface area contributed by atoms with Crippen molar-refractivity contribution in [1.29, 1.82) is 0 Å². The highest BCUT2D eigenvalue weighted by Gasteiger charge is 2.31. The minimum absolute atomic E-state index is 0.0124. The number of rotatable bonds is 6. The van der Waals surface area contributed by atoms with Gasteiger partial charge in [0.05, 0.1) is 19.1 Å². The van der Waals surface area contributed by atoms with Crippen molar-refractivity contribution in [3.63, 3.8) is 0 Å². The number of aliphatic carboxylic acids is 1. The number of hydrogen-bond donors (Lipinski definition) is 1. The molecular formula is C22H27BrN2O3. The third kappa shape index (κ3) is 4.50. The SMILES string of the molecule is COc1ccc(Br)cc1C(c1ccc(N(C)C)cc1)N1CCC(C(=O)O)CC1. The lowest BCUT2D eigenvalue weighted by molar-refractivity contribution is -0.143. The lowest BCUT2D eigenvalue weighted by Gasteiger charge is -2.37. The minimum atomic E-state index is -0.688. The molecule has 3 rings (SSSR count). The van der Waals surface area contributed by atoms with E-state index in [9.17, 15) is 9.90 Å². The number of benzene rings is 2. The van der Waals surface area contributed by atoms with Crippen LogP contribution < -0.4 is 9.64 Å². The van der Waals surface area contributed by atoms with Gasteiger partial charge in [-0.1, -0.05) is 28.1 Å². The van der Waals surface area contributed by atoms with E-state index in [0.717, 1.165) is 34.6 Å². The fourth-order valence-corrected chi connectivity index (χ4v) is 4.24. The number of hydrogen-bond acceptors (Lipinski definition) is 4. The summed E-state index contributed by atoms with van der Waals surface area (Å²) in [7, 11) is 5.75. The maximum atomic E-state index is 11.4. The van der Waals surface area contributed by atoms with Crippen LogP contribution in [0.3, 0.4) is 0 Å². The molecule has 5 nitrogen and oxygen atoms in total. The van der Waals surface area contributed by atoms with Crippen LogP contribution in [0.1, 0.15) is 30.0 Å². The van der Waals surface area contributed by atoms with Crippen LogP contribution in [0.15, 0.2) is 46.9 Å². The van der Waals surface area contributed by atoms with E-state index in [1.165, 1.54) is 5.56 Å². The lowest BCUT2D eigenvalue weighted by Crippen LogP contribution is -2.39. The third-order valence-electron chi connectivity index (χ3n) is 5.46. The van der Waals surface area contributed by atoms with Crippen molar-refractivity contribution in [1.82, 2.24) is 4.90 Å². The number of carboxylic acids is 1. The van der Waals surface area contributed by atoms with Crippen LogP contribution in [-0.4, -0.2) is 50.3 Å². The van der Waals surface area contributed by atoms with Crippen molar-refractivity contribution in [2.24, 2.45) is 5.92 Å². The molecule has 1 heterocycles. The molecule has 0 spiro atoms. The van der Waals surface area contributed by atoms with E-state index in [-0.39, 0.29) is 12.0 Å². The summed E-state index contributed by atoms with van der Waals surface area (Å²) in [6.07, 6.45) is 1.33. The van der Waals surface area contributed by atoms with Crippen LogP contribution in [0, 0.1) is 5.92 Å². The van der Waals surface area contributed by atoms with Gasteiger partial charge in [0.15, 0.2) is 0 Å². The van der Waals surface area contributed by atoms with Crippen LogP contribution >= 0.6 is 15.9 Å². The molecule has 1 N–H and O–H groups in total. The van der Waals surface area contributed by atoms with E-state index in [1.54, 1.807) is 7.11 Å². The Kier molecular flexibility index (Phi) is 6.62. The van der Waals surface area contributed by atoms with Gasteiger partial charge < -0.3 is 14.7 Å². The molecule has 1 unspecified atom stereocenters. The van der Waals surface area contributed by atoms with E-state index in [0.29, 0.717) is 12.8 Å². The number of methoxy groups -OCH3 is 1. The van der Waals surface area contributed by atoms with Gasteiger partial charge in [-0.25, -0.2) is 0 Å². The first kappa shape index (κ1) is 20.7.